The smallest absolute Gasteiger partial charge is 0.241 e. The molecule has 0 bridgehead atoms. The Bertz CT molecular complexity index is 535. The van der Waals surface area contributed by atoms with Gasteiger partial charge in [0.15, 0.2) is 0 Å². The van der Waals surface area contributed by atoms with Crippen molar-refractivity contribution in [2.45, 2.75) is 38.3 Å². The summed E-state index contributed by atoms with van der Waals surface area (Å²) in [5.41, 5.74) is 1.15. The lowest BCUT2D eigenvalue weighted by molar-refractivity contribution is -0.122. The molecule has 5 heteroatoms. The molecule has 0 saturated heterocycles. The molecule has 2 N–H and O–H groups in total. The summed E-state index contributed by atoms with van der Waals surface area (Å²) >= 11 is 0. The SMILES string of the molecule is CC(C(=O)Nc1cccc(C#N)c1)N(CCO)C1CCC1. The molecule has 112 valence electrons. The van der Waals surface area contributed by atoms with Gasteiger partial charge >= 0.3 is 0 Å². The van der Waals surface area contributed by atoms with Crippen molar-refractivity contribution in [3.05, 3.63) is 29.8 Å². The fraction of sp³-hybridized carbons (Fsp3) is 0.500. The maximum absolute atomic E-state index is 12.4. The van der Waals surface area contributed by atoms with E-state index in [9.17, 15) is 9.90 Å². The van der Waals surface area contributed by atoms with E-state index < -0.39 is 0 Å². The first-order chi connectivity index (χ1) is 10.2. The Kier molecular flexibility index (Phi) is 5.32. The van der Waals surface area contributed by atoms with Gasteiger partial charge in [0, 0.05) is 18.3 Å². The van der Waals surface area contributed by atoms with Gasteiger partial charge in [-0.2, -0.15) is 5.26 Å². The van der Waals surface area contributed by atoms with E-state index >= 15 is 0 Å². The third kappa shape index (κ3) is 3.81. The Labute approximate surface area is 125 Å². The molecule has 1 aliphatic carbocycles. The van der Waals surface area contributed by atoms with Gasteiger partial charge in [0.05, 0.1) is 24.3 Å². The van der Waals surface area contributed by atoms with Gasteiger partial charge in [0.25, 0.3) is 0 Å². The summed E-state index contributed by atoms with van der Waals surface area (Å²) in [5.74, 6) is -0.106. The number of aliphatic hydroxyl groups is 1. The van der Waals surface area contributed by atoms with Crippen LogP contribution in [0.25, 0.3) is 0 Å². The van der Waals surface area contributed by atoms with E-state index in [1.54, 1.807) is 24.3 Å². The van der Waals surface area contributed by atoms with Crippen molar-refractivity contribution in [3.63, 3.8) is 0 Å². The minimum absolute atomic E-state index is 0.0536. The molecule has 0 radical (unpaired) electrons. The summed E-state index contributed by atoms with van der Waals surface area (Å²) in [6.45, 7) is 2.42. The number of hydrogen-bond donors (Lipinski definition) is 2. The lowest BCUT2D eigenvalue weighted by Crippen LogP contribution is -2.51. The number of aliphatic hydroxyl groups excluding tert-OH is 1. The number of amides is 1. The maximum Gasteiger partial charge on any atom is 0.241 e. The number of rotatable bonds is 6. The van der Waals surface area contributed by atoms with Gasteiger partial charge in [-0.1, -0.05) is 12.5 Å². The highest BCUT2D eigenvalue weighted by Gasteiger charge is 2.31. The van der Waals surface area contributed by atoms with Gasteiger partial charge in [0.1, 0.15) is 0 Å². The van der Waals surface area contributed by atoms with Crippen molar-refractivity contribution in [3.8, 4) is 6.07 Å². The number of nitrogens with one attached hydrogen (secondary N) is 1. The second-order valence-corrected chi connectivity index (χ2v) is 5.40. The molecule has 0 aliphatic heterocycles. The van der Waals surface area contributed by atoms with Crippen LogP contribution in [-0.2, 0) is 4.79 Å². The number of nitrogens with zero attached hydrogens (tertiary/aromatic N) is 2. The van der Waals surface area contributed by atoms with Crippen LogP contribution in [0.1, 0.15) is 31.7 Å². The van der Waals surface area contributed by atoms with Gasteiger partial charge in [0.2, 0.25) is 5.91 Å². The first kappa shape index (κ1) is 15.5. The molecule has 1 fully saturated rings. The van der Waals surface area contributed by atoms with Crippen LogP contribution in [-0.4, -0.2) is 41.1 Å². The lowest BCUT2D eigenvalue weighted by Gasteiger charge is -2.40. The van der Waals surface area contributed by atoms with Gasteiger partial charge < -0.3 is 10.4 Å². The number of nitriles is 1. The summed E-state index contributed by atoms with van der Waals surface area (Å²) in [7, 11) is 0. The quantitative estimate of drug-likeness (QED) is 0.835. The number of anilines is 1. The first-order valence-electron chi connectivity index (χ1n) is 7.33. The normalized spacial score (nSPS) is 16.1. The number of hydrogen-bond acceptors (Lipinski definition) is 4. The second kappa shape index (κ2) is 7.21. The number of carbonyl (C=O) groups excluding carboxylic acids is 1. The highest BCUT2D eigenvalue weighted by Crippen LogP contribution is 2.26. The molecule has 1 aliphatic rings. The zero-order valence-corrected chi connectivity index (χ0v) is 12.2. The Hall–Kier alpha value is -1.90. The molecule has 5 nitrogen and oxygen atoms in total. The standard InChI is InChI=1S/C16H21N3O2/c1-12(19(8-9-20)15-6-3-7-15)16(21)18-14-5-2-4-13(10-14)11-17/h2,4-5,10,12,15,20H,3,6-9H2,1H3,(H,18,21). The van der Waals surface area contributed by atoms with Gasteiger partial charge in [-0.25, -0.2) is 0 Å². The molecule has 1 amide bonds. The zero-order valence-electron chi connectivity index (χ0n) is 12.2. The van der Waals surface area contributed by atoms with E-state index in [4.69, 9.17) is 5.26 Å². The largest absolute Gasteiger partial charge is 0.395 e. The van der Waals surface area contributed by atoms with Crippen LogP contribution in [0.5, 0.6) is 0 Å². The molecule has 0 aromatic heterocycles. The second-order valence-electron chi connectivity index (χ2n) is 5.40. The molecule has 2 rings (SSSR count). The Balaban J connectivity index is 2.01. The van der Waals surface area contributed by atoms with E-state index in [1.807, 2.05) is 6.92 Å². The predicted octanol–water partition coefficient (Wildman–Crippen LogP) is 1.73. The lowest BCUT2D eigenvalue weighted by atomic mass is 9.90. The van der Waals surface area contributed by atoms with E-state index in [1.165, 1.54) is 6.42 Å². The summed E-state index contributed by atoms with van der Waals surface area (Å²) < 4.78 is 0. The summed E-state index contributed by atoms with van der Waals surface area (Å²) in [6.07, 6.45) is 3.36. The highest BCUT2D eigenvalue weighted by atomic mass is 16.3. The summed E-state index contributed by atoms with van der Waals surface area (Å²) in [4.78, 5) is 14.4. The van der Waals surface area contributed by atoms with Crippen molar-refractivity contribution in [1.29, 1.82) is 5.26 Å². The molecule has 1 unspecified atom stereocenters. The fourth-order valence-corrected chi connectivity index (χ4v) is 2.59. The summed E-state index contributed by atoms with van der Waals surface area (Å²) in [5, 5.41) is 20.9. The van der Waals surface area contributed by atoms with Crippen LogP contribution in [0, 0.1) is 11.3 Å². The molecule has 1 aromatic rings. The Morgan fingerprint density at radius 1 is 1.57 bits per heavy atom. The minimum atomic E-state index is -0.298. The average molecular weight is 287 g/mol. The Morgan fingerprint density at radius 3 is 2.90 bits per heavy atom. The van der Waals surface area contributed by atoms with E-state index in [2.05, 4.69) is 16.3 Å². The van der Waals surface area contributed by atoms with Crippen LogP contribution in [0.3, 0.4) is 0 Å². The van der Waals surface area contributed by atoms with Gasteiger partial charge in [-0.3, -0.25) is 9.69 Å². The van der Waals surface area contributed by atoms with Crippen molar-refractivity contribution in [1.82, 2.24) is 4.90 Å². The van der Waals surface area contributed by atoms with Crippen molar-refractivity contribution >= 4 is 11.6 Å². The molecule has 1 saturated carbocycles. The average Bonchev–Trinajstić information content (AvgIpc) is 2.44. The molecule has 1 atom stereocenters. The number of benzene rings is 1. The third-order valence-electron chi connectivity index (χ3n) is 4.04. The fourth-order valence-electron chi connectivity index (χ4n) is 2.59. The van der Waals surface area contributed by atoms with Gasteiger partial charge in [-0.05, 0) is 38.0 Å². The monoisotopic (exact) mass is 287 g/mol. The van der Waals surface area contributed by atoms with Crippen molar-refractivity contribution in [2.75, 3.05) is 18.5 Å². The molecule has 0 heterocycles. The van der Waals surface area contributed by atoms with Crippen LogP contribution < -0.4 is 5.32 Å². The Morgan fingerprint density at radius 2 is 2.33 bits per heavy atom. The molecule has 1 aromatic carbocycles. The third-order valence-corrected chi connectivity index (χ3v) is 4.04. The maximum atomic E-state index is 12.4. The first-order valence-corrected chi connectivity index (χ1v) is 7.33. The van der Waals surface area contributed by atoms with Crippen LogP contribution in [0.4, 0.5) is 5.69 Å². The van der Waals surface area contributed by atoms with Crippen LogP contribution in [0.15, 0.2) is 24.3 Å². The topological polar surface area (TPSA) is 76.4 Å². The van der Waals surface area contributed by atoms with Crippen LogP contribution >= 0.6 is 0 Å². The van der Waals surface area contributed by atoms with Crippen LogP contribution in [0.2, 0.25) is 0 Å². The molecular formula is C16H21N3O2. The number of carbonyl (C=O) groups is 1. The molecule has 0 spiro atoms. The van der Waals surface area contributed by atoms with Crippen molar-refractivity contribution < 1.29 is 9.90 Å². The van der Waals surface area contributed by atoms with E-state index in [-0.39, 0.29) is 18.6 Å². The van der Waals surface area contributed by atoms with E-state index in [0.717, 1.165) is 12.8 Å². The zero-order chi connectivity index (χ0) is 15.2. The van der Waals surface area contributed by atoms with Crippen molar-refractivity contribution in [2.24, 2.45) is 0 Å². The molecule has 21 heavy (non-hydrogen) atoms. The van der Waals surface area contributed by atoms with Gasteiger partial charge in [-0.15, -0.1) is 0 Å². The highest BCUT2D eigenvalue weighted by molar-refractivity contribution is 5.94. The summed E-state index contributed by atoms with van der Waals surface area (Å²) in [6, 6.07) is 9.02. The van der Waals surface area contributed by atoms with E-state index in [0.29, 0.717) is 23.8 Å². The predicted molar refractivity (Wildman–Crippen MR) is 80.7 cm³/mol. The minimum Gasteiger partial charge on any atom is -0.395 e. The molecular weight excluding hydrogens is 266 g/mol.